The molecule has 0 unspecified atom stereocenters. The summed E-state index contributed by atoms with van der Waals surface area (Å²) >= 11 is 0. The van der Waals surface area contributed by atoms with Crippen molar-refractivity contribution in [3.63, 3.8) is 0 Å². The number of anilines is 2. The van der Waals surface area contributed by atoms with E-state index in [2.05, 4.69) is 10.3 Å². The number of ether oxygens (including phenoxy) is 1. The van der Waals surface area contributed by atoms with Gasteiger partial charge in [0, 0.05) is 6.20 Å². The molecule has 1 N–H and O–H groups in total. The van der Waals surface area contributed by atoms with Crippen molar-refractivity contribution in [3.8, 4) is 5.75 Å². The minimum Gasteiger partial charge on any atom is -0.495 e. The maximum atomic E-state index is 5.31. The topological polar surface area (TPSA) is 34.1 Å². The van der Waals surface area contributed by atoms with Crippen molar-refractivity contribution in [1.82, 2.24) is 4.98 Å². The van der Waals surface area contributed by atoms with E-state index in [9.17, 15) is 0 Å². The van der Waals surface area contributed by atoms with Crippen LogP contribution in [0, 0.1) is 13.8 Å². The van der Waals surface area contributed by atoms with Crippen LogP contribution in [0.4, 0.5) is 11.5 Å². The van der Waals surface area contributed by atoms with Gasteiger partial charge in [-0.1, -0.05) is 6.07 Å². The van der Waals surface area contributed by atoms with Crippen molar-refractivity contribution in [2.45, 2.75) is 13.8 Å². The van der Waals surface area contributed by atoms with Crippen molar-refractivity contribution < 1.29 is 4.74 Å². The fourth-order valence-electron chi connectivity index (χ4n) is 1.66. The van der Waals surface area contributed by atoms with Gasteiger partial charge in [0.15, 0.2) is 0 Å². The Morgan fingerprint density at radius 2 is 1.82 bits per heavy atom. The predicted octanol–water partition coefficient (Wildman–Crippen LogP) is 3.45. The van der Waals surface area contributed by atoms with E-state index < -0.39 is 0 Å². The minimum absolute atomic E-state index is 0.818. The van der Waals surface area contributed by atoms with Crippen molar-refractivity contribution in [2.75, 3.05) is 12.4 Å². The minimum atomic E-state index is 0.818. The van der Waals surface area contributed by atoms with Crippen LogP contribution >= 0.6 is 0 Å². The van der Waals surface area contributed by atoms with Crippen LogP contribution in [0.15, 0.2) is 36.5 Å². The van der Waals surface area contributed by atoms with Crippen LogP contribution in [-0.4, -0.2) is 12.1 Å². The van der Waals surface area contributed by atoms with Crippen LogP contribution in [0.3, 0.4) is 0 Å². The van der Waals surface area contributed by atoms with Crippen molar-refractivity contribution >= 4 is 11.5 Å². The van der Waals surface area contributed by atoms with Gasteiger partial charge in [-0.3, -0.25) is 0 Å². The largest absolute Gasteiger partial charge is 0.495 e. The first-order valence-corrected chi connectivity index (χ1v) is 5.53. The Kier molecular flexibility index (Phi) is 3.28. The average Bonchev–Trinajstić information content (AvgIpc) is 2.29. The number of methoxy groups -OCH3 is 1. The number of aromatic nitrogens is 1. The number of rotatable bonds is 3. The third-order valence-corrected chi connectivity index (χ3v) is 2.53. The zero-order valence-electron chi connectivity index (χ0n) is 10.3. The van der Waals surface area contributed by atoms with Gasteiger partial charge in [-0.15, -0.1) is 0 Å². The molecule has 0 aliphatic carbocycles. The zero-order valence-corrected chi connectivity index (χ0v) is 10.3. The lowest BCUT2D eigenvalue weighted by Gasteiger charge is -2.11. The monoisotopic (exact) mass is 228 g/mol. The normalized spacial score (nSPS) is 10.1. The number of hydrogen-bond acceptors (Lipinski definition) is 3. The van der Waals surface area contributed by atoms with E-state index >= 15 is 0 Å². The standard InChI is InChI=1S/C14H16N2O/c1-10-4-5-13(17-3)12(8-10)16-14-9-11(2)6-7-15-14/h4-9H,1-3H3,(H,15,16). The van der Waals surface area contributed by atoms with Gasteiger partial charge in [0.05, 0.1) is 12.8 Å². The summed E-state index contributed by atoms with van der Waals surface area (Å²) in [5.41, 5.74) is 3.29. The van der Waals surface area contributed by atoms with E-state index in [1.54, 1.807) is 13.3 Å². The molecule has 0 spiro atoms. The number of hydrogen-bond donors (Lipinski definition) is 1. The third kappa shape index (κ3) is 2.75. The molecule has 3 nitrogen and oxygen atoms in total. The summed E-state index contributed by atoms with van der Waals surface area (Å²) in [7, 11) is 1.67. The van der Waals surface area contributed by atoms with Crippen LogP contribution in [0.5, 0.6) is 5.75 Å². The Bertz CT molecular complexity index is 523. The maximum absolute atomic E-state index is 5.31. The molecular formula is C14H16N2O. The van der Waals surface area contributed by atoms with E-state index in [4.69, 9.17) is 4.74 Å². The SMILES string of the molecule is COc1ccc(C)cc1Nc1cc(C)ccn1. The lowest BCUT2D eigenvalue weighted by atomic mass is 10.2. The molecule has 2 rings (SSSR count). The molecular weight excluding hydrogens is 212 g/mol. The average molecular weight is 228 g/mol. The summed E-state index contributed by atoms with van der Waals surface area (Å²) in [6, 6.07) is 9.99. The highest BCUT2D eigenvalue weighted by Gasteiger charge is 2.04. The molecule has 1 heterocycles. The van der Waals surface area contributed by atoms with E-state index in [0.717, 1.165) is 17.3 Å². The van der Waals surface area contributed by atoms with Crippen LogP contribution in [0.2, 0.25) is 0 Å². The van der Waals surface area contributed by atoms with Gasteiger partial charge in [-0.05, 0) is 49.2 Å². The lowest BCUT2D eigenvalue weighted by molar-refractivity contribution is 0.416. The Hall–Kier alpha value is -2.03. The van der Waals surface area contributed by atoms with Gasteiger partial charge in [0.2, 0.25) is 0 Å². The van der Waals surface area contributed by atoms with Gasteiger partial charge < -0.3 is 10.1 Å². The molecule has 88 valence electrons. The van der Waals surface area contributed by atoms with Crippen LogP contribution in [-0.2, 0) is 0 Å². The lowest BCUT2D eigenvalue weighted by Crippen LogP contribution is -1.97. The second kappa shape index (κ2) is 4.87. The molecule has 0 bridgehead atoms. The number of nitrogens with one attached hydrogen (secondary N) is 1. The van der Waals surface area contributed by atoms with Crippen LogP contribution in [0.1, 0.15) is 11.1 Å². The highest BCUT2D eigenvalue weighted by molar-refractivity contribution is 5.65. The second-order valence-corrected chi connectivity index (χ2v) is 4.05. The smallest absolute Gasteiger partial charge is 0.142 e. The van der Waals surface area contributed by atoms with Crippen molar-refractivity contribution in [1.29, 1.82) is 0 Å². The molecule has 0 aliphatic heterocycles. The Morgan fingerprint density at radius 3 is 2.53 bits per heavy atom. The van der Waals surface area contributed by atoms with E-state index in [0.29, 0.717) is 0 Å². The summed E-state index contributed by atoms with van der Waals surface area (Å²) in [6.07, 6.45) is 1.79. The number of aryl methyl sites for hydroxylation is 2. The van der Waals surface area contributed by atoms with Gasteiger partial charge in [0.25, 0.3) is 0 Å². The molecule has 0 saturated heterocycles. The van der Waals surface area contributed by atoms with Gasteiger partial charge >= 0.3 is 0 Å². The first-order chi connectivity index (χ1) is 8.19. The highest BCUT2D eigenvalue weighted by atomic mass is 16.5. The summed E-state index contributed by atoms with van der Waals surface area (Å²) in [5.74, 6) is 1.65. The molecule has 0 radical (unpaired) electrons. The second-order valence-electron chi connectivity index (χ2n) is 4.05. The van der Waals surface area contributed by atoms with Crippen LogP contribution < -0.4 is 10.1 Å². The number of pyridine rings is 1. The molecule has 0 fully saturated rings. The zero-order chi connectivity index (χ0) is 12.3. The van der Waals surface area contributed by atoms with Gasteiger partial charge in [0.1, 0.15) is 11.6 Å². The van der Waals surface area contributed by atoms with E-state index in [1.807, 2.05) is 44.2 Å². The highest BCUT2D eigenvalue weighted by Crippen LogP contribution is 2.27. The first kappa shape index (κ1) is 11.5. The Labute approximate surface area is 101 Å². The Morgan fingerprint density at radius 1 is 1.06 bits per heavy atom. The molecule has 3 heteroatoms. The molecule has 0 saturated carbocycles. The molecule has 2 aromatic rings. The molecule has 0 atom stereocenters. The Balaban J connectivity index is 2.32. The molecule has 1 aromatic heterocycles. The van der Waals surface area contributed by atoms with Gasteiger partial charge in [-0.25, -0.2) is 4.98 Å². The fourth-order valence-corrected chi connectivity index (χ4v) is 1.66. The summed E-state index contributed by atoms with van der Waals surface area (Å²) in [6.45, 7) is 4.09. The number of benzene rings is 1. The summed E-state index contributed by atoms with van der Waals surface area (Å²) in [5, 5.41) is 3.27. The molecule has 17 heavy (non-hydrogen) atoms. The van der Waals surface area contributed by atoms with Crippen molar-refractivity contribution in [3.05, 3.63) is 47.7 Å². The van der Waals surface area contributed by atoms with Crippen molar-refractivity contribution in [2.24, 2.45) is 0 Å². The van der Waals surface area contributed by atoms with E-state index in [1.165, 1.54) is 11.1 Å². The van der Waals surface area contributed by atoms with E-state index in [-0.39, 0.29) is 0 Å². The first-order valence-electron chi connectivity index (χ1n) is 5.53. The predicted molar refractivity (Wildman–Crippen MR) is 70.0 cm³/mol. The maximum Gasteiger partial charge on any atom is 0.142 e. The summed E-state index contributed by atoms with van der Waals surface area (Å²) < 4.78 is 5.31. The number of nitrogens with zero attached hydrogens (tertiary/aromatic N) is 1. The quantitative estimate of drug-likeness (QED) is 0.873. The molecule has 0 aliphatic rings. The molecule has 0 amide bonds. The molecule has 1 aromatic carbocycles. The fraction of sp³-hybridized carbons (Fsp3) is 0.214. The summed E-state index contributed by atoms with van der Waals surface area (Å²) in [4.78, 5) is 4.27. The van der Waals surface area contributed by atoms with Gasteiger partial charge in [-0.2, -0.15) is 0 Å². The van der Waals surface area contributed by atoms with Crippen LogP contribution in [0.25, 0.3) is 0 Å². The third-order valence-electron chi connectivity index (χ3n) is 2.53.